The number of aryl methyl sites for hydroxylation is 2. The van der Waals surface area contributed by atoms with Gasteiger partial charge in [0.05, 0.1) is 10.6 Å². The van der Waals surface area contributed by atoms with Gasteiger partial charge >= 0.3 is 0 Å². The minimum absolute atomic E-state index is 0.123. The Labute approximate surface area is 162 Å². The molecular formula is C21H19NO3S2. The van der Waals surface area contributed by atoms with Crippen molar-refractivity contribution in [3.8, 4) is 0 Å². The van der Waals surface area contributed by atoms with E-state index in [1.54, 1.807) is 29.6 Å². The zero-order valence-electron chi connectivity index (χ0n) is 15.0. The summed E-state index contributed by atoms with van der Waals surface area (Å²) in [6, 6.07) is 14.7. The number of carbonyl (C=O) groups excluding carboxylic acids is 1. The maximum Gasteiger partial charge on any atom is 0.225 e. The lowest BCUT2D eigenvalue weighted by molar-refractivity contribution is -0.116. The molecular weight excluding hydrogens is 378 g/mol. The van der Waals surface area contributed by atoms with Crippen molar-refractivity contribution in [1.29, 1.82) is 0 Å². The molecule has 4 nitrogen and oxygen atoms in total. The normalized spacial score (nSPS) is 16.7. The molecule has 6 heteroatoms. The van der Waals surface area contributed by atoms with Gasteiger partial charge in [-0.2, -0.15) is 0 Å². The number of thiophene rings is 1. The first-order valence-electron chi connectivity index (χ1n) is 8.66. The van der Waals surface area contributed by atoms with E-state index < -0.39 is 9.84 Å². The summed E-state index contributed by atoms with van der Waals surface area (Å²) in [7, 11) is -3.70. The zero-order chi connectivity index (χ0) is 19.2. The van der Waals surface area contributed by atoms with E-state index in [4.69, 9.17) is 0 Å². The van der Waals surface area contributed by atoms with Crippen LogP contribution in [-0.2, 0) is 14.6 Å². The van der Waals surface area contributed by atoms with Crippen molar-refractivity contribution in [2.45, 2.75) is 36.0 Å². The number of nitrogens with one attached hydrogen (secondary N) is 1. The van der Waals surface area contributed by atoms with Gasteiger partial charge in [0, 0.05) is 22.6 Å². The summed E-state index contributed by atoms with van der Waals surface area (Å²) in [5.41, 5.74) is 3.59. The molecule has 0 spiro atoms. The predicted molar refractivity (Wildman–Crippen MR) is 107 cm³/mol. The van der Waals surface area contributed by atoms with E-state index in [0.29, 0.717) is 12.1 Å². The monoisotopic (exact) mass is 397 g/mol. The largest absolute Gasteiger partial charge is 0.324 e. The molecule has 2 heterocycles. The highest BCUT2D eigenvalue weighted by atomic mass is 32.2. The first-order valence-corrected chi connectivity index (χ1v) is 11.0. The van der Waals surface area contributed by atoms with Crippen LogP contribution in [0.15, 0.2) is 63.7 Å². The molecule has 0 fully saturated rings. The molecule has 0 radical (unpaired) electrons. The maximum absolute atomic E-state index is 13.2. The average Bonchev–Trinajstić information content (AvgIpc) is 3.06. The Bertz CT molecular complexity index is 1130. The van der Waals surface area contributed by atoms with Gasteiger partial charge in [0.15, 0.2) is 0 Å². The summed E-state index contributed by atoms with van der Waals surface area (Å²) in [5.74, 6) is -0.281. The number of fused-ring (bicyclic) bond motifs is 1. The summed E-state index contributed by atoms with van der Waals surface area (Å²) >= 11 is 1.40. The van der Waals surface area contributed by atoms with E-state index in [1.165, 1.54) is 11.3 Å². The Morgan fingerprint density at radius 3 is 2.44 bits per heavy atom. The van der Waals surface area contributed by atoms with Crippen LogP contribution in [0.25, 0.3) is 0 Å². The minimum Gasteiger partial charge on any atom is -0.324 e. The van der Waals surface area contributed by atoms with Crippen LogP contribution in [0.4, 0.5) is 5.69 Å². The molecule has 1 aliphatic heterocycles. The molecule has 27 heavy (non-hydrogen) atoms. The van der Waals surface area contributed by atoms with Gasteiger partial charge in [0.2, 0.25) is 15.7 Å². The van der Waals surface area contributed by atoms with E-state index in [0.717, 1.165) is 21.6 Å². The zero-order valence-corrected chi connectivity index (χ0v) is 16.7. The third-order valence-electron chi connectivity index (χ3n) is 4.94. The quantitative estimate of drug-likeness (QED) is 0.698. The van der Waals surface area contributed by atoms with Gasteiger partial charge in [-0.3, -0.25) is 4.79 Å². The summed E-state index contributed by atoms with van der Waals surface area (Å²) in [4.78, 5) is 13.7. The molecule has 2 aromatic carbocycles. The molecule has 0 saturated carbocycles. The highest BCUT2D eigenvalue weighted by Gasteiger charge is 2.34. The van der Waals surface area contributed by atoms with Crippen molar-refractivity contribution < 1.29 is 13.2 Å². The number of hydrogen-bond donors (Lipinski definition) is 1. The molecule has 4 rings (SSSR count). The first kappa shape index (κ1) is 17.9. The first-order chi connectivity index (χ1) is 12.9. The molecule has 1 aliphatic rings. The predicted octanol–water partition coefficient (Wildman–Crippen LogP) is 4.67. The number of carbonyl (C=O) groups is 1. The van der Waals surface area contributed by atoms with Crippen LogP contribution in [0.2, 0.25) is 0 Å². The van der Waals surface area contributed by atoms with E-state index in [9.17, 15) is 13.2 Å². The van der Waals surface area contributed by atoms with Crippen LogP contribution in [0.3, 0.4) is 0 Å². The molecule has 1 atom stereocenters. The van der Waals surface area contributed by atoms with Gasteiger partial charge in [-0.15, -0.1) is 11.3 Å². The molecule has 0 saturated heterocycles. The molecule has 0 unspecified atom stereocenters. The number of amides is 1. The number of anilines is 1. The van der Waals surface area contributed by atoms with Crippen molar-refractivity contribution in [2.75, 3.05) is 5.32 Å². The maximum atomic E-state index is 13.2. The summed E-state index contributed by atoms with van der Waals surface area (Å²) in [6.07, 6.45) is 0.322. The Morgan fingerprint density at radius 1 is 1.04 bits per heavy atom. The lowest BCUT2D eigenvalue weighted by atomic mass is 9.88. The molecule has 3 aromatic rings. The fourth-order valence-electron chi connectivity index (χ4n) is 3.48. The molecule has 1 amide bonds. The van der Waals surface area contributed by atoms with Crippen LogP contribution in [0.1, 0.15) is 33.9 Å². The number of benzene rings is 2. The van der Waals surface area contributed by atoms with Crippen LogP contribution >= 0.6 is 11.3 Å². The van der Waals surface area contributed by atoms with Crippen molar-refractivity contribution in [3.63, 3.8) is 0 Å². The number of rotatable bonds is 3. The van der Waals surface area contributed by atoms with Crippen LogP contribution < -0.4 is 5.32 Å². The second kappa shape index (κ2) is 6.62. The second-order valence-corrected chi connectivity index (χ2v) is 9.65. The van der Waals surface area contributed by atoms with Crippen LogP contribution in [-0.4, -0.2) is 14.3 Å². The molecule has 1 aromatic heterocycles. The van der Waals surface area contributed by atoms with Gasteiger partial charge in [-0.25, -0.2) is 8.42 Å². The molecule has 0 aliphatic carbocycles. The summed E-state index contributed by atoms with van der Waals surface area (Å²) < 4.78 is 26.3. The fraction of sp³-hybridized carbons (Fsp3) is 0.190. The third kappa shape index (κ3) is 3.09. The Kier molecular flexibility index (Phi) is 4.40. The van der Waals surface area contributed by atoms with Gasteiger partial charge in [0.25, 0.3) is 0 Å². The van der Waals surface area contributed by atoms with E-state index >= 15 is 0 Å². The van der Waals surface area contributed by atoms with Crippen molar-refractivity contribution in [1.82, 2.24) is 0 Å². The van der Waals surface area contributed by atoms with Crippen molar-refractivity contribution in [2.24, 2.45) is 0 Å². The van der Waals surface area contributed by atoms with Gasteiger partial charge < -0.3 is 5.32 Å². The fourth-order valence-corrected chi connectivity index (χ4v) is 6.37. The Hall–Kier alpha value is -2.44. The standard InChI is InChI=1S/C21H19NO3S2/c1-13-7-9-15(10-8-13)27(24,25)18-12-26-21-17(11-19(23)22-20(18)21)16-6-4-3-5-14(16)2/h3-10,12,17H,11H2,1-2H3,(H,22,23)/t17-/m1/s1. The second-order valence-electron chi connectivity index (χ2n) is 6.82. The highest BCUT2D eigenvalue weighted by molar-refractivity contribution is 7.91. The van der Waals surface area contributed by atoms with Gasteiger partial charge in [0.1, 0.15) is 4.90 Å². The lowest BCUT2D eigenvalue weighted by Crippen LogP contribution is -2.23. The SMILES string of the molecule is Cc1ccc(S(=O)(=O)c2csc3c2NC(=O)C[C@@H]3c2ccccc2C)cc1. The highest BCUT2D eigenvalue weighted by Crippen LogP contribution is 2.46. The molecule has 138 valence electrons. The summed E-state index contributed by atoms with van der Waals surface area (Å²) in [5, 5.41) is 4.46. The van der Waals surface area contributed by atoms with Crippen LogP contribution in [0, 0.1) is 13.8 Å². The summed E-state index contributed by atoms with van der Waals surface area (Å²) in [6.45, 7) is 3.93. The molecule has 0 bridgehead atoms. The number of hydrogen-bond acceptors (Lipinski definition) is 4. The number of sulfone groups is 1. The van der Waals surface area contributed by atoms with E-state index in [1.807, 2.05) is 38.1 Å². The van der Waals surface area contributed by atoms with E-state index in [2.05, 4.69) is 5.32 Å². The van der Waals surface area contributed by atoms with Gasteiger partial charge in [-0.05, 0) is 37.1 Å². The Balaban J connectivity index is 1.85. The van der Waals surface area contributed by atoms with E-state index in [-0.39, 0.29) is 21.6 Å². The Morgan fingerprint density at radius 2 is 1.74 bits per heavy atom. The molecule has 1 N–H and O–H groups in total. The lowest BCUT2D eigenvalue weighted by Gasteiger charge is -2.25. The van der Waals surface area contributed by atoms with Crippen molar-refractivity contribution in [3.05, 3.63) is 75.5 Å². The average molecular weight is 398 g/mol. The topological polar surface area (TPSA) is 63.2 Å². The third-order valence-corrected chi connectivity index (χ3v) is 7.98. The van der Waals surface area contributed by atoms with Crippen molar-refractivity contribution >= 4 is 32.8 Å². The van der Waals surface area contributed by atoms with Gasteiger partial charge in [-0.1, -0.05) is 42.0 Å². The minimum atomic E-state index is -3.70. The smallest absolute Gasteiger partial charge is 0.225 e. The van der Waals surface area contributed by atoms with Crippen LogP contribution in [0.5, 0.6) is 0 Å².